The van der Waals surface area contributed by atoms with Gasteiger partial charge in [0, 0.05) is 29.2 Å². The number of aromatic hydroxyl groups is 2. The van der Waals surface area contributed by atoms with Crippen molar-refractivity contribution in [3.63, 3.8) is 0 Å². The fourth-order valence-electron chi connectivity index (χ4n) is 2.78. The summed E-state index contributed by atoms with van der Waals surface area (Å²) in [5.74, 6) is -3.07. The Balaban J connectivity index is 2.30. The topological polar surface area (TPSA) is 170 Å². The number of phenolic OH excluding ortho intramolecular Hbond substituents is 2. The summed E-state index contributed by atoms with van der Waals surface area (Å²) in [6, 6.07) is 12.2. The van der Waals surface area contributed by atoms with Gasteiger partial charge in [-0.3, -0.25) is 0 Å². The Morgan fingerprint density at radius 3 is 1.41 bits per heavy atom. The first-order valence-electron chi connectivity index (χ1n) is 8.26. The van der Waals surface area contributed by atoms with E-state index in [4.69, 9.17) is 11.5 Å². The molecular weight excluding hydrogens is 378 g/mol. The zero-order chi connectivity index (χ0) is 21.3. The number of phenols is 2. The molecular formula is C20H17N3O6. The molecule has 0 bridgehead atoms. The van der Waals surface area contributed by atoms with Crippen molar-refractivity contribution in [1.29, 1.82) is 0 Å². The predicted octanol–water partition coefficient (Wildman–Crippen LogP) is 3.13. The molecule has 0 aliphatic rings. The molecule has 0 fully saturated rings. The van der Waals surface area contributed by atoms with Crippen LogP contribution in [0.3, 0.4) is 0 Å². The van der Waals surface area contributed by atoms with Crippen molar-refractivity contribution in [1.82, 2.24) is 0 Å². The minimum Gasteiger partial charge on any atom is -0.506 e. The monoisotopic (exact) mass is 395 g/mol. The lowest BCUT2D eigenvalue weighted by Gasteiger charge is -2.26. The third kappa shape index (κ3) is 3.83. The molecule has 9 heteroatoms. The lowest BCUT2D eigenvalue weighted by atomic mass is 10.1. The molecule has 148 valence electrons. The molecule has 3 rings (SSSR count). The summed E-state index contributed by atoms with van der Waals surface area (Å²) in [5, 5.41) is 38.8. The third-order valence-electron chi connectivity index (χ3n) is 4.21. The first kappa shape index (κ1) is 19.4. The second-order valence-electron chi connectivity index (χ2n) is 6.20. The van der Waals surface area contributed by atoms with Gasteiger partial charge < -0.3 is 36.8 Å². The minimum absolute atomic E-state index is 0.124. The summed E-state index contributed by atoms with van der Waals surface area (Å²) in [6.45, 7) is 0. The van der Waals surface area contributed by atoms with Crippen molar-refractivity contribution in [2.75, 3.05) is 16.4 Å². The zero-order valence-corrected chi connectivity index (χ0v) is 14.9. The van der Waals surface area contributed by atoms with Crippen molar-refractivity contribution in [2.24, 2.45) is 0 Å². The van der Waals surface area contributed by atoms with Gasteiger partial charge in [0.2, 0.25) is 0 Å². The quantitative estimate of drug-likeness (QED) is 0.280. The van der Waals surface area contributed by atoms with E-state index in [9.17, 15) is 30.0 Å². The Morgan fingerprint density at radius 2 is 1.07 bits per heavy atom. The summed E-state index contributed by atoms with van der Waals surface area (Å²) in [7, 11) is 0. The second kappa shape index (κ2) is 7.31. The first-order chi connectivity index (χ1) is 13.7. The predicted molar refractivity (Wildman–Crippen MR) is 107 cm³/mol. The number of nitrogens with two attached hydrogens (primary N) is 2. The molecule has 0 saturated carbocycles. The summed E-state index contributed by atoms with van der Waals surface area (Å²) in [6.07, 6.45) is 0. The van der Waals surface area contributed by atoms with Crippen LogP contribution in [0.2, 0.25) is 0 Å². The zero-order valence-electron chi connectivity index (χ0n) is 14.9. The molecule has 0 saturated heterocycles. The molecule has 0 atom stereocenters. The number of aromatic carboxylic acids is 2. The van der Waals surface area contributed by atoms with E-state index in [0.717, 1.165) is 6.07 Å². The van der Waals surface area contributed by atoms with E-state index < -0.39 is 11.9 Å². The van der Waals surface area contributed by atoms with Gasteiger partial charge in [-0.1, -0.05) is 0 Å². The van der Waals surface area contributed by atoms with Gasteiger partial charge >= 0.3 is 11.9 Å². The van der Waals surface area contributed by atoms with Gasteiger partial charge in [0.15, 0.2) is 0 Å². The van der Waals surface area contributed by atoms with Crippen LogP contribution < -0.4 is 16.4 Å². The molecule has 0 aliphatic heterocycles. The summed E-state index contributed by atoms with van der Waals surface area (Å²) < 4.78 is 0. The van der Waals surface area contributed by atoms with Gasteiger partial charge in [-0.2, -0.15) is 0 Å². The van der Waals surface area contributed by atoms with Crippen LogP contribution in [-0.2, 0) is 0 Å². The number of rotatable bonds is 5. The number of carbonyl (C=O) groups is 2. The van der Waals surface area contributed by atoms with Gasteiger partial charge in [-0.05, 0) is 42.5 Å². The number of carboxylic acids is 2. The van der Waals surface area contributed by atoms with E-state index >= 15 is 0 Å². The van der Waals surface area contributed by atoms with Crippen LogP contribution in [0.1, 0.15) is 20.7 Å². The fourth-order valence-corrected chi connectivity index (χ4v) is 2.78. The van der Waals surface area contributed by atoms with Crippen LogP contribution in [-0.4, -0.2) is 32.4 Å². The first-order valence-corrected chi connectivity index (χ1v) is 8.26. The molecule has 8 N–H and O–H groups in total. The summed E-state index contributed by atoms with van der Waals surface area (Å²) in [5.41, 5.74) is 11.9. The van der Waals surface area contributed by atoms with Crippen LogP contribution in [0.4, 0.5) is 28.4 Å². The molecule has 0 aromatic heterocycles. The highest BCUT2D eigenvalue weighted by molar-refractivity contribution is 5.97. The molecule has 0 radical (unpaired) electrons. The van der Waals surface area contributed by atoms with Crippen LogP contribution in [0.15, 0.2) is 54.6 Å². The minimum atomic E-state index is -1.31. The molecule has 3 aromatic carbocycles. The smallest absolute Gasteiger partial charge is 0.335 e. The maximum absolute atomic E-state index is 11.5. The molecule has 0 heterocycles. The SMILES string of the molecule is Nc1ccc(N(c2cc(C(=O)O)cc(C(=O)O)c2)c2ccc(N)c(O)c2)cc1O. The van der Waals surface area contributed by atoms with Gasteiger partial charge in [-0.25, -0.2) is 9.59 Å². The average molecular weight is 395 g/mol. The second-order valence-corrected chi connectivity index (χ2v) is 6.20. The Bertz CT molecular complexity index is 1050. The van der Waals surface area contributed by atoms with Crippen LogP contribution in [0.5, 0.6) is 11.5 Å². The Labute approximate surface area is 164 Å². The average Bonchev–Trinajstić information content (AvgIpc) is 2.67. The lowest BCUT2D eigenvalue weighted by Crippen LogP contribution is -2.13. The Kier molecular flexibility index (Phi) is 4.88. The van der Waals surface area contributed by atoms with Gasteiger partial charge in [0.1, 0.15) is 11.5 Å². The number of nitrogen functional groups attached to an aromatic ring is 2. The molecule has 3 aromatic rings. The number of benzene rings is 3. The molecule has 9 nitrogen and oxygen atoms in total. The van der Waals surface area contributed by atoms with Crippen molar-refractivity contribution in [3.05, 3.63) is 65.7 Å². The van der Waals surface area contributed by atoms with Crippen LogP contribution in [0, 0.1) is 0 Å². The highest BCUT2D eigenvalue weighted by atomic mass is 16.4. The number of carboxylic acid groups (broad SMARTS) is 2. The number of anilines is 5. The molecule has 29 heavy (non-hydrogen) atoms. The molecule has 0 amide bonds. The van der Waals surface area contributed by atoms with E-state index in [-0.39, 0.29) is 39.7 Å². The highest BCUT2D eigenvalue weighted by Gasteiger charge is 2.19. The van der Waals surface area contributed by atoms with Gasteiger partial charge in [-0.15, -0.1) is 0 Å². The van der Waals surface area contributed by atoms with Gasteiger partial charge in [0.05, 0.1) is 22.5 Å². The molecule has 0 aliphatic carbocycles. The maximum atomic E-state index is 11.5. The van der Waals surface area contributed by atoms with Crippen molar-refractivity contribution in [2.45, 2.75) is 0 Å². The highest BCUT2D eigenvalue weighted by Crippen LogP contribution is 2.40. The van der Waals surface area contributed by atoms with E-state index in [2.05, 4.69) is 0 Å². The van der Waals surface area contributed by atoms with E-state index in [1.807, 2.05) is 0 Å². The Hall–Kier alpha value is -4.40. The van der Waals surface area contributed by atoms with Crippen LogP contribution in [0.25, 0.3) is 0 Å². The summed E-state index contributed by atoms with van der Waals surface area (Å²) >= 11 is 0. The standard InChI is InChI=1S/C20H17N3O6/c21-15-3-1-12(8-17(15)24)23(13-2-4-16(22)18(25)9-13)14-6-10(19(26)27)5-11(7-14)20(28)29/h1-9,24-25H,21-22H2,(H,26,27)(H,28,29). The maximum Gasteiger partial charge on any atom is 0.335 e. The van der Waals surface area contributed by atoms with E-state index in [1.165, 1.54) is 41.3 Å². The van der Waals surface area contributed by atoms with E-state index in [0.29, 0.717) is 11.4 Å². The number of hydrogen-bond donors (Lipinski definition) is 6. The third-order valence-corrected chi connectivity index (χ3v) is 4.21. The summed E-state index contributed by atoms with van der Waals surface area (Å²) in [4.78, 5) is 24.4. The lowest BCUT2D eigenvalue weighted by molar-refractivity contribution is 0.0696. The van der Waals surface area contributed by atoms with Gasteiger partial charge in [0.25, 0.3) is 0 Å². The van der Waals surface area contributed by atoms with Crippen molar-refractivity contribution < 1.29 is 30.0 Å². The van der Waals surface area contributed by atoms with Crippen molar-refractivity contribution >= 4 is 40.4 Å². The van der Waals surface area contributed by atoms with Crippen molar-refractivity contribution in [3.8, 4) is 11.5 Å². The van der Waals surface area contributed by atoms with Crippen LogP contribution >= 0.6 is 0 Å². The normalized spacial score (nSPS) is 10.5. The number of nitrogens with zero attached hydrogens (tertiary/aromatic N) is 1. The van der Waals surface area contributed by atoms with E-state index in [1.54, 1.807) is 12.1 Å². The number of hydrogen-bond acceptors (Lipinski definition) is 7. The molecule has 0 spiro atoms. The fraction of sp³-hybridized carbons (Fsp3) is 0. The molecule has 0 unspecified atom stereocenters. The Morgan fingerprint density at radius 1 is 0.655 bits per heavy atom. The largest absolute Gasteiger partial charge is 0.506 e.